The molecule has 0 fully saturated rings. The molecule has 0 saturated heterocycles. The lowest BCUT2D eigenvalue weighted by Gasteiger charge is -2.15. The zero-order valence-corrected chi connectivity index (χ0v) is 8.04. The summed E-state index contributed by atoms with van der Waals surface area (Å²) in [5.41, 5.74) is 0. The maximum Gasteiger partial charge on any atom is 0.303 e. The van der Waals surface area contributed by atoms with E-state index in [9.17, 15) is 4.79 Å². The van der Waals surface area contributed by atoms with Gasteiger partial charge in [-0.05, 0) is 18.3 Å². The number of aliphatic carboxylic acids is 1. The Kier molecular flexibility index (Phi) is 5.72. The highest BCUT2D eigenvalue weighted by Gasteiger charge is 2.14. The van der Waals surface area contributed by atoms with Crippen LogP contribution in [0, 0.1) is 11.8 Å². The van der Waals surface area contributed by atoms with Crippen LogP contribution in [-0.2, 0) is 9.53 Å². The van der Waals surface area contributed by atoms with Gasteiger partial charge in [-0.3, -0.25) is 4.79 Å². The number of carboxylic acids is 1. The molecule has 0 aliphatic heterocycles. The van der Waals surface area contributed by atoms with E-state index in [1.165, 1.54) is 0 Å². The summed E-state index contributed by atoms with van der Waals surface area (Å²) >= 11 is 0. The van der Waals surface area contributed by atoms with Gasteiger partial charge in [-0.25, -0.2) is 0 Å². The van der Waals surface area contributed by atoms with Crippen molar-refractivity contribution in [1.29, 1.82) is 0 Å². The lowest BCUT2D eigenvalue weighted by Crippen LogP contribution is -2.15. The van der Waals surface area contributed by atoms with Crippen LogP contribution >= 0.6 is 0 Å². The largest absolute Gasteiger partial charge is 0.481 e. The highest BCUT2D eigenvalue weighted by atomic mass is 16.5. The quantitative estimate of drug-likeness (QED) is 0.667. The predicted molar refractivity (Wildman–Crippen MR) is 47.1 cm³/mol. The van der Waals surface area contributed by atoms with Crippen LogP contribution in [-0.4, -0.2) is 24.8 Å². The molecule has 0 bridgehead atoms. The van der Waals surface area contributed by atoms with Crippen molar-refractivity contribution in [3.63, 3.8) is 0 Å². The summed E-state index contributed by atoms with van der Waals surface area (Å²) in [6.45, 7) is 4.72. The van der Waals surface area contributed by atoms with Gasteiger partial charge in [0.15, 0.2) is 0 Å². The molecule has 0 aromatic carbocycles. The minimum absolute atomic E-state index is 0.160. The molecule has 0 rings (SSSR count). The van der Waals surface area contributed by atoms with E-state index in [1.54, 1.807) is 7.11 Å². The summed E-state index contributed by atoms with van der Waals surface area (Å²) in [5.74, 6) is -0.0466. The van der Waals surface area contributed by atoms with Crippen molar-refractivity contribution >= 4 is 5.97 Å². The first-order valence-corrected chi connectivity index (χ1v) is 4.27. The Labute approximate surface area is 73.7 Å². The van der Waals surface area contributed by atoms with E-state index in [0.29, 0.717) is 12.5 Å². The molecule has 3 nitrogen and oxygen atoms in total. The maximum absolute atomic E-state index is 10.4. The number of rotatable bonds is 6. The molecule has 3 heteroatoms. The molecular weight excluding hydrogens is 156 g/mol. The molecule has 12 heavy (non-hydrogen) atoms. The van der Waals surface area contributed by atoms with Gasteiger partial charge in [-0.1, -0.05) is 13.8 Å². The van der Waals surface area contributed by atoms with Crippen LogP contribution in [0.4, 0.5) is 0 Å². The number of ether oxygens (including phenoxy) is 1. The zero-order valence-electron chi connectivity index (χ0n) is 8.04. The number of hydrogen-bond acceptors (Lipinski definition) is 2. The van der Waals surface area contributed by atoms with Gasteiger partial charge in [0.05, 0.1) is 6.42 Å². The average Bonchev–Trinajstić information content (AvgIpc) is 1.84. The fourth-order valence-electron chi connectivity index (χ4n) is 1.36. The van der Waals surface area contributed by atoms with Crippen molar-refractivity contribution in [2.45, 2.75) is 26.7 Å². The predicted octanol–water partition coefficient (Wildman–Crippen LogP) is 1.77. The molecule has 1 atom stereocenters. The van der Waals surface area contributed by atoms with Crippen LogP contribution in [0.15, 0.2) is 0 Å². The third-order valence-electron chi connectivity index (χ3n) is 1.67. The Morgan fingerprint density at radius 1 is 1.50 bits per heavy atom. The van der Waals surface area contributed by atoms with E-state index in [4.69, 9.17) is 9.84 Å². The van der Waals surface area contributed by atoms with Crippen molar-refractivity contribution in [2.24, 2.45) is 11.8 Å². The van der Waals surface area contributed by atoms with Crippen LogP contribution in [0.25, 0.3) is 0 Å². The third-order valence-corrected chi connectivity index (χ3v) is 1.67. The van der Waals surface area contributed by atoms with E-state index >= 15 is 0 Å². The number of carbonyl (C=O) groups is 1. The molecule has 0 aliphatic rings. The number of hydrogen-bond donors (Lipinski definition) is 1. The van der Waals surface area contributed by atoms with Gasteiger partial charge < -0.3 is 9.84 Å². The second-order valence-electron chi connectivity index (χ2n) is 3.55. The van der Waals surface area contributed by atoms with Gasteiger partial charge in [-0.15, -0.1) is 0 Å². The first-order chi connectivity index (χ1) is 5.56. The van der Waals surface area contributed by atoms with Crippen molar-refractivity contribution in [2.75, 3.05) is 13.7 Å². The Morgan fingerprint density at radius 2 is 2.08 bits per heavy atom. The van der Waals surface area contributed by atoms with Gasteiger partial charge >= 0.3 is 5.97 Å². The summed E-state index contributed by atoms with van der Waals surface area (Å²) in [7, 11) is 1.61. The molecule has 0 heterocycles. The lowest BCUT2D eigenvalue weighted by atomic mass is 9.95. The third kappa shape index (κ3) is 6.16. The number of methoxy groups -OCH3 is 1. The summed E-state index contributed by atoms with van der Waals surface area (Å²) < 4.78 is 4.94. The standard InChI is InChI=1S/C9H18O3/c1-7(2)4-8(6-12-3)5-9(10)11/h7-8H,4-6H2,1-3H3,(H,10,11). The molecular formula is C9H18O3. The summed E-state index contributed by atoms with van der Waals surface area (Å²) in [4.78, 5) is 10.4. The van der Waals surface area contributed by atoms with Crippen LogP contribution in [0.1, 0.15) is 26.7 Å². The smallest absolute Gasteiger partial charge is 0.303 e. The highest BCUT2D eigenvalue weighted by molar-refractivity contribution is 5.67. The maximum atomic E-state index is 10.4. The minimum atomic E-state index is -0.738. The minimum Gasteiger partial charge on any atom is -0.481 e. The topological polar surface area (TPSA) is 46.5 Å². The van der Waals surface area contributed by atoms with E-state index in [2.05, 4.69) is 13.8 Å². The summed E-state index contributed by atoms with van der Waals surface area (Å²) in [6.07, 6.45) is 1.13. The van der Waals surface area contributed by atoms with Crippen molar-refractivity contribution in [1.82, 2.24) is 0 Å². The van der Waals surface area contributed by atoms with Crippen molar-refractivity contribution < 1.29 is 14.6 Å². The molecule has 0 amide bonds. The average molecular weight is 174 g/mol. The first-order valence-electron chi connectivity index (χ1n) is 4.27. The van der Waals surface area contributed by atoms with E-state index in [-0.39, 0.29) is 12.3 Å². The molecule has 1 N–H and O–H groups in total. The fourth-order valence-corrected chi connectivity index (χ4v) is 1.36. The molecule has 72 valence electrons. The molecule has 1 unspecified atom stereocenters. The van der Waals surface area contributed by atoms with Crippen LogP contribution in [0.2, 0.25) is 0 Å². The molecule has 0 aromatic rings. The monoisotopic (exact) mass is 174 g/mol. The van der Waals surface area contributed by atoms with Gasteiger partial charge in [-0.2, -0.15) is 0 Å². The Morgan fingerprint density at radius 3 is 2.42 bits per heavy atom. The summed E-state index contributed by atoms with van der Waals surface area (Å²) in [6, 6.07) is 0. The lowest BCUT2D eigenvalue weighted by molar-refractivity contribution is -0.138. The Bertz CT molecular complexity index is 132. The Balaban J connectivity index is 3.77. The van der Waals surface area contributed by atoms with E-state index in [0.717, 1.165) is 6.42 Å². The van der Waals surface area contributed by atoms with Gasteiger partial charge in [0.2, 0.25) is 0 Å². The molecule has 0 radical (unpaired) electrons. The molecule has 0 saturated carbocycles. The van der Waals surface area contributed by atoms with E-state index < -0.39 is 5.97 Å². The van der Waals surface area contributed by atoms with Gasteiger partial charge in [0.25, 0.3) is 0 Å². The normalized spacial score (nSPS) is 13.3. The summed E-state index contributed by atoms with van der Waals surface area (Å²) in [5, 5.41) is 8.57. The second-order valence-corrected chi connectivity index (χ2v) is 3.55. The van der Waals surface area contributed by atoms with Crippen LogP contribution in [0.5, 0.6) is 0 Å². The first kappa shape index (κ1) is 11.4. The van der Waals surface area contributed by atoms with Crippen molar-refractivity contribution in [3.05, 3.63) is 0 Å². The Hall–Kier alpha value is -0.570. The van der Waals surface area contributed by atoms with Gasteiger partial charge in [0, 0.05) is 13.7 Å². The molecule has 0 aromatic heterocycles. The zero-order chi connectivity index (χ0) is 9.56. The SMILES string of the molecule is COCC(CC(=O)O)CC(C)C. The van der Waals surface area contributed by atoms with Crippen LogP contribution < -0.4 is 0 Å². The second kappa shape index (κ2) is 6.00. The molecule has 0 spiro atoms. The molecule has 0 aliphatic carbocycles. The van der Waals surface area contributed by atoms with Crippen molar-refractivity contribution in [3.8, 4) is 0 Å². The van der Waals surface area contributed by atoms with Gasteiger partial charge in [0.1, 0.15) is 0 Å². The van der Waals surface area contributed by atoms with E-state index in [1.807, 2.05) is 0 Å². The highest BCUT2D eigenvalue weighted by Crippen LogP contribution is 2.15. The fraction of sp³-hybridized carbons (Fsp3) is 0.889. The van der Waals surface area contributed by atoms with Crippen LogP contribution in [0.3, 0.4) is 0 Å². The number of carboxylic acid groups (broad SMARTS) is 1.